The van der Waals surface area contributed by atoms with Crippen molar-refractivity contribution in [2.75, 3.05) is 6.54 Å². The number of aliphatic carboxylic acids is 1. The fraction of sp³-hybridized carbons (Fsp3) is 0.250. The first-order valence-corrected chi connectivity index (χ1v) is 5.56. The van der Waals surface area contributed by atoms with E-state index in [-0.39, 0.29) is 5.56 Å². The molecule has 0 saturated heterocycles. The van der Waals surface area contributed by atoms with Crippen molar-refractivity contribution in [3.63, 3.8) is 0 Å². The minimum atomic E-state index is -1.22. The van der Waals surface area contributed by atoms with Gasteiger partial charge in [-0.1, -0.05) is 0 Å². The van der Waals surface area contributed by atoms with Gasteiger partial charge in [-0.3, -0.25) is 14.4 Å². The molecule has 108 valence electrons. The molecule has 0 spiro atoms. The Morgan fingerprint density at radius 2 is 1.90 bits per heavy atom. The van der Waals surface area contributed by atoms with E-state index in [9.17, 15) is 23.2 Å². The first-order chi connectivity index (χ1) is 9.31. The lowest BCUT2D eigenvalue weighted by Crippen LogP contribution is -2.44. The molecule has 0 heterocycles. The summed E-state index contributed by atoms with van der Waals surface area (Å²) in [5, 5.41) is 12.8. The number of carbonyl (C=O) groups excluding carboxylic acids is 2. The quantitative estimate of drug-likeness (QED) is 0.724. The van der Waals surface area contributed by atoms with Crippen LogP contribution in [0, 0.1) is 11.6 Å². The molecule has 2 amide bonds. The summed E-state index contributed by atoms with van der Waals surface area (Å²) in [6, 6.07) is 1.45. The minimum absolute atomic E-state index is 0.150. The van der Waals surface area contributed by atoms with Crippen molar-refractivity contribution in [1.82, 2.24) is 10.6 Å². The molecule has 1 rings (SSSR count). The molecule has 0 fully saturated rings. The van der Waals surface area contributed by atoms with E-state index in [1.54, 1.807) is 0 Å². The molecule has 8 heteroatoms. The molecule has 0 bridgehead atoms. The smallest absolute Gasteiger partial charge is 0.325 e. The van der Waals surface area contributed by atoms with Crippen molar-refractivity contribution >= 4 is 17.8 Å². The van der Waals surface area contributed by atoms with Crippen molar-refractivity contribution in [3.8, 4) is 0 Å². The molecule has 0 aliphatic rings. The van der Waals surface area contributed by atoms with Gasteiger partial charge in [0.2, 0.25) is 5.91 Å². The third-order valence-electron chi connectivity index (χ3n) is 2.34. The highest BCUT2D eigenvalue weighted by molar-refractivity contribution is 5.96. The molecule has 6 nitrogen and oxygen atoms in total. The molecule has 3 N–H and O–H groups in total. The number of nitrogens with one attached hydrogen (secondary N) is 2. The van der Waals surface area contributed by atoms with Crippen molar-refractivity contribution in [3.05, 3.63) is 35.4 Å². The van der Waals surface area contributed by atoms with E-state index < -0.39 is 42.0 Å². The number of carbonyl (C=O) groups is 3. The second-order valence-corrected chi connectivity index (χ2v) is 3.94. The lowest BCUT2D eigenvalue weighted by Gasteiger charge is -2.10. The monoisotopic (exact) mass is 286 g/mol. The molecule has 0 aliphatic heterocycles. The molecular weight excluding hydrogens is 274 g/mol. The summed E-state index contributed by atoms with van der Waals surface area (Å²) in [6.45, 7) is 0.785. The summed E-state index contributed by atoms with van der Waals surface area (Å²) in [5.41, 5.74) is -0.150. The number of benzene rings is 1. The zero-order valence-electron chi connectivity index (χ0n) is 10.4. The number of halogens is 2. The Bertz CT molecular complexity index is 548. The van der Waals surface area contributed by atoms with Gasteiger partial charge in [-0.15, -0.1) is 0 Å². The van der Waals surface area contributed by atoms with Crippen LogP contribution in [0.3, 0.4) is 0 Å². The highest BCUT2D eigenvalue weighted by Crippen LogP contribution is 2.08. The minimum Gasteiger partial charge on any atom is -0.480 e. The fourth-order valence-corrected chi connectivity index (χ4v) is 1.25. The van der Waals surface area contributed by atoms with Crippen molar-refractivity contribution in [2.45, 2.75) is 13.0 Å². The van der Waals surface area contributed by atoms with Crippen LogP contribution in [0.25, 0.3) is 0 Å². The number of rotatable bonds is 5. The van der Waals surface area contributed by atoms with Crippen LogP contribution in [0.2, 0.25) is 0 Å². The number of hydrogen-bond acceptors (Lipinski definition) is 3. The van der Waals surface area contributed by atoms with Crippen LogP contribution in [0.5, 0.6) is 0 Å². The van der Waals surface area contributed by atoms with Crippen LogP contribution in [-0.2, 0) is 9.59 Å². The fourth-order valence-electron chi connectivity index (χ4n) is 1.25. The number of hydrogen-bond donors (Lipinski definition) is 3. The molecule has 20 heavy (non-hydrogen) atoms. The van der Waals surface area contributed by atoms with E-state index in [2.05, 4.69) is 10.6 Å². The second-order valence-electron chi connectivity index (χ2n) is 3.94. The number of amides is 2. The van der Waals surface area contributed by atoms with Crippen LogP contribution < -0.4 is 10.6 Å². The summed E-state index contributed by atoms with van der Waals surface area (Å²) in [5.74, 6) is -4.97. The largest absolute Gasteiger partial charge is 0.480 e. The van der Waals surface area contributed by atoms with Crippen LogP contribution in [-0.4, -0.2) is 35.5 Å². The third kappa shape index (κ3) is 4.30. The van der Waals surface area contributed by atoms with Crippen molar-refractivity contribution in [2.24, 2.45) is 0 Å². The summed E-state index contributed by atoms with van der Waals surface area (Å²) >= 11 is 0. The van der Waals surface area contributed by atoms with Gasteiger partial charge >= 0.3 is 5.97 Å². The standard InChI is InChI=1S/C12H12F2N2O4/c1-6(12(19)20)16-10(17)5-15-11(18)7-2-3-8(13)9(14)4-7/h2-4,6H,5H2,1H3,(H,15,18)(H,16,17)(H,19,20)/t6-/m1/s1. The maximum absolute atomic E-state index is 12.9. The summed E-state index contributed by atoms with van der Waals surface area (Å²) in [4.78, 5) is 33.3. The second kappa shape index (κ2) is 6.60. The zero-order valence-corrected chi connectivity index (χ0v) is 10.4. The predicted octanol–water partition coefficient (Wildman–Crippen LogP) is 0.284. The Kier molecular flexibility index (Phi) is 5.13. The molecule has 0 saturated carbocycles. The van der Waals surface area contributed by atoms with Gasteiger partial charge in [0.15, 0.2) is 11.6 Å². The van der Waals surface area contributed by atoms with Crippen molar-refractivity contribution in [1.29, 1.82) is 0 Å². The van der Waals surface area contributed by atoms with E-state index in [0.717, 1.165) is 12.1 Å². The summed E-state index contributed by atoms with van der Waals surface area (Å²) in [6.07, 6.45) is 0. The zero-order chi connectivity index (χ0) is 15.3. The van der Waals surface area contributed by atoms with Crippen LogP contribution in [0.15, 0.2) is 18.2 Å². The molecule has 1 aromatic carbocycles. The van der Waals surface area contributed by atoms with E-state index in [0.29, 0.717) is 6.07 Å². The average Bonchev–Trinajstić information content (AvgIpc) is 2.39. The topological polar surface area (TPSA) is 95.5 Å². The first-order valence-electron chi connectivity index (χ1n) is 5.56. The summed E-state index contributed by atoms with van der Waals surface area (Å²) in [7, 11) is 0. The first kappa shape index (κ1) is 15.5. The lowest BCUT2D eigenvalue weighted by molar-refractivity contribution is -0.141. The van der Waals surface area contributed by atoms with Crippen molar-refractivity contribution < 1.29 is 28.3 Å². The number of carboxylic acid groups (broad SMARTS) is 1. The van der Waals surface area contributed by atoms with Gasteiger partial charge in [0.25, 0.3) is 5.91 Å². The van der Waals surface area contributed by atoms with Gasteiger partial charge in [-0.2, -0.15) is 0 Å². The van der Waals surface area contributed by atoms with E-state index in [1.807, 2.05) is 0 Å². The SMILES string of the molecule is C[C@@H](NC(=O)CNC(=O)c1ccc(F)c(F)c1)C(=O)O. The average molecular weight is 286 g/mol. The molecule has 0 aromatic heterocycles. The Hall–Kier alpha value is -2.51. The van der Waals surface area contributed by atoms with E-state index in [4.69, 9.17) is 5.11 Å². The predicted molar refractivity (Wildman–Crippen MR) is 63.9 cm³/mol. The Balaban J connectivity index is 2.53. The Morgan fingerprint density at radius 1 is 1.25 bits per heavy atom. The van der Waals surface area contributed by atoms with Gasteiger partial charge in [0, 0.05) is 5.56 Å². The normalized spacial score (nSPS) is 11.6. The van der Waals surface area contributed by atoms with E-state index in [1.165, 1.54) is 6.92 Å². The maximum Gasteiger partial charge on any atom is 0.325 e. The van der Waals surface area contributed by atoms with Gasteiger partial charge in [-0.25, -0.2) is 8.78 Å². The molecule has 1 aromatic rings. The molecule has 0 aliphatic carbocycles. The molecular formula is C12H12F2N2O4. The van der Waals surface area contributed by atoms with Crippen LogP contribution in [0.4, 0.5) is 8.78 Å². The van der Waals surface area contributed by atoms with Gasteiger partial charge in [-0.05, 0) is 25.1 Å². The van der Waals surface area contributed by atoms with Gasteiger partial charge < -0.3 is 15.7 Å². The molecule has 0 radical (unpaired) electrons. The molecule has 1 atom stereocenters. The molecule has 0 unspecified atom stereocenters. The number of carboxylic acids is 1. The Labute approximate surface area is 112 Å². The summed E-state index contributed by atoms with van der Waals surface area (Å²) < 4.78 is 25.6. The maximum atomic E-state index is 12.9. The van der Waals surface area contributed by atoms with Crippen LogP contribution in [0.1, 0.15) is 17.3 Å². The lowest BCUT2D eigenvalue weighted by atomic mass is 10.2. The van der Waals surface area contributed by atoms with Crippen LogP contribution >= 0.6 is 0 Å². The Morgan fingerprint density at radius 3 is 2.45 bits per heavy atom. The van der Waals surface area contributed by atoms with Gasteiger partial charge in [0.05, 0.1) is 6.54 Å². The third-order valence-corrected chi connectivity index (χ3v) is 2.34. The van der Waals surface area contributed by atoms with Gasteiger partial charge in [0.1, 0.15) is 6.04 Å². The highest BCUT2D eigenvalue weighted by Gasteiger charge is 2.15. The van der Waals surface area contributed by atoms with E-state index >= 15 is 0 Å². The highest BCUT2D eigenvalue weighted by atomic mass is 19.2.